The third kappa shape index (κ3) is 3.46. The average molecular weight is 298 g/mol. The summed E-state index contributed by atoms with van der Waals surface area (Å²) in [5, 5.41) is 0.803. The molecule has 0 spiro atoms. The van der Waals surface area contributed by atoms with Crippen LogP contribution in [-0.2, 0) is 6.61 Å². The van der Waals surface area contributed by atoms with Gasteiger partial charge in [0.05, 0.1) is 17.2 Å². The number of methoxy groups -OCH3 is 1. The van der Waals surface area contributed by atoms with E-state index in [1.165, 1.54) is 0 Å². The molecule has 2 aromatic carbocycles. The molecule has 0 aromatic heterocycles. The molecule has 0 atom stereocenters. The molecule has 0 unspecified atom stereocenters. The fraction of sp³-hybridized carbons (Fsp3) is 0.143. The van der Waals surface area contributed by atoms with Crippen LogP contribution in [0.2, 0.25) is 10.0 Å². The van der Waals surface area contributed by atoms with Gasteiger partial charge in [-0.2, -0.15) is 0 Å². The molecule has 2 N–H and O–H groups in total. The van der Waals surface area contributed by atoms with E-state index in [4.69, 9.17) is 38.4 Å². The predicted octanol–water partition coefficient (Wildman–Crippen LogP) is 4.16. The smallest absolute Gasteiger partial charge is 0.157 e. The molecule has 3 nitrogen and oxygen atoms in total. The molecule has 0 bridgehead atoms. The monoisotopic (exact) mass is 297 g/mol. The second-order valence-electron chi connectivity index (χ2n) is 3.95. The summed E-state index contributed by atoms with van der Waals surface area (Å²) in [5.41, 5.74) is 7.13. The Balaban J connectivity index is 2.10. The van der Waals surface area contributed by atoms with Crippen LogP contribution < -0.4 is 15.2 Å². The Kier molecular flexibility index (Phi) is 4.40. The Morgan fingerprint density at radius 3 is 2.16 bits per heavy atom. The molecule has 5 heteroatoms. The van der Waals surface area contributed by atoms with E-state index in [0.29, 0.717) is 28.1 Å². The van der Waals surface area contributed by atoms with Crippen LogP contribution in [-0.4, -0.2) is 7.11 Å². The third-order valence-electron chi connectivity index (χ3n) is 2.56. The van der Waals surface area contributed by atoms with Gasteiger partial charge in [-0.15, -0.1) is 0 Å². The summed E-state index contributed by atoms with van der Waals surface area (Å²) >= 11 is 12.1. The minimum Gasteiger partial charge on any atom is -0.497 e. The van der Waals surface area contributed by atoms with Crippen LogP contribution >= 0.6 is 23.2 Å². The number of hydrogen-bond acceptors (Lipinski definition) is 3. The van der Waals surface area contributed by atoms with Crippen molar-refractivity contribution in [3.63, 3.8) is 0 Å². The number of nitrogen functional groups attached to an aromatic ring is 1. The summed E-state index contributed by atoms with van der Waals surface area (Å²) in [6.45, 7) is 0.368. The summed E-state index contributed by atoms with van der Waals surface area (Å²) in [6.07, 6.45) is 0. The SMILES string of the molecule is COc1ccc(COc2c(Cl)cc(N)cc2Cl)cc1. The second-order valence-corrected chi connectivity index (χ2v) is 4.76. The molecule has 19 heavy (non-hydrogen) atoms. The van der Waals surface area contributed by atoms with E-state index < -0.39 is 0 Å². The molecule has 2 aromatic rings. The van der Waals surface area contributed by atoms with Gasteiger partial charge in [0.1, 0.15) is 12.4 Å². The molecule has 0 aliphatic carbocycles. The second kappa shape index (κ2) is 6.04. The lowest BCUT2D eigenvalue weighted by molar-refractivity contribution is 0.306. The lowest BCUT2D eigenvalue weighted by Gasteiger charge is -2.11. The zero-order valence-corrected chi connectivity index (χ0v) is 11.8. The van der Waals surface area contributed by atoms with Gasteiger partial charge in [0.25, 0.3) is 0 Å². The van der Waals surface area contributed by atoms with Crippen LogP contribution in [0, 0.1) is 0 Å². The van der Waals surface area contributed by atoms with Crippen LogP contribution in [0.1, 0.15) is 5.56 Å². The molecule has 0 saturated heterocycles. The number of ether oxygens (including phenoxy) is 2. The minimum atomic E-state index is 0.368. The van der Waals surface area contributed by atoms with E-state index in [9.17, 15) is 0 Å². The van der Waals surface area contributed by atoms with Crippen molar-refractivity contribution in [1.29, 1.82) is 0 Å². The lowest BCUT2D eigenvalue weighted by Crippen LogP contribution is -1.97. The summed E-state index contributed by atoms with van der Waals surface area (Å²) in [6, 6.07) is 10.8. The van der Waals surface area contributed by atoms with E-state index in [-0.39, 0.29) is 0 Å². The van der Waals surface area contributed by atoms with Crippen LogP contribution in [0.15, 0.2) is 36.4 Å². The molecule has 0 radical (unpaired) electrons. The molecule has 100 valence electrons. The molecule has 2 rings (SSSR count). The average Bonchev–Trinajstić information content (AvgIpc) is 2.38. The van der Waals surface area contributed by atoms with Crippen molar-refractivity contribution < 1.29 is 9.47 Å². The fourth-order valence-electron chi connectivity index (χ4n) is 1.59. The van der Waals surface area contributed by atoms with Crippen molar-refractivity contribution in [2.24, 2.45) is 0 Å². The summed E-state index contributed by atoms with van der Waals surface area (Å²) in [5.74, 6) is 1.24. The molecule has 0 aliphatic heterocycles. The van der Waals surface area contributed by atoms with Gasteiger partial charge >= 0.3 is 0 Å². The third-order valence-corrected chi connectivity index (χ3v) is 3.12. The number of hydrogen-bond donors (Lipinski definition) is 1. The van der Waals surface area contributed by atoms with E-state index in [1.54, 1.807) is 19.2 Å². The van der Waals surface area contributed by atoms with Gasteiger partial charge in [-0.3, -0.25) is 0 Å². The summed E-state index contributed by atoms with van der Waals surface area (Å²) in [4.78, 5) is 0. The van der Waals surface area contributed by atoms with E-state index >= 15 is 0 Å². The number of rotatable bonds is 4. The minimum absolute atomic E-state index is 0.368. The Morgan fingerprint density at radius 1 is 1.05 bits per heavy atom. The maximum atomic E-state index is 6.04. The van der Waals surface area contributed by atoms with Gasteiger partial charge in [0.15, 0.2) is 5.75 Å². The molecule has 0 aliphatic rings. The number of benzene rings is 2. The number of anilines is 1. The first kappa shape index (κ1) is 13.8. The standard InChI is InChI=1S/C14H13Cl2NO2/c1-18-11-4-2-9(3-5-11)8-19-14-12(15)6-10(17)7-13(14)16/h2-7H,8,17H2,1H3. The van der Waals surface area contributed by atoms with Crippen molar-refractivity contribution in [1.82, 2.24) is 0 Å². The Bertz CT molecular complexity index is 547. The molecule has 0 heterocycles. The van der Waals surface area contributed by atoms with Crippen molar-refractivity contribution in [2.45, 2.75) is 6.61 Å². The fourth-order valence-corrected chi connectivity index (χ4v) is 2.21. The first-order valence-corrected chi connectivity index (χ1v) is 6.36. The summed E-state index contributed by atoms with van der Waals surface area (Å²) < 4.78 is 10.7. The van der Waals surface area contributed by atoms with Crippen LogP contribution in [0.4, 0.5) is 5.69 Å². The van der Waals surface area contributed by atoms with Crippen LogP contribution in [0.3, 0.4) is 0 Å². The highest BCUT2D eigenvalue weighted by Gasteiger charge is 2.09. The molecule has 0 saturated carbocycles. The van der Waals surface area contributed by atoms with Crippen molar-refractivity contribution in [2.75, 3.05) is 12.8 Å². The van der Waals surface area contributed by atoms with Crippen molar-refractivity contribution in [3.05, 3.63) is 52.0 Å². The zero-order chi connectivity index (χ0) is 13.8. The van der Waals surface area contributed by atoms with Gasteiger partial charge in [0, 0.05) is 5.69 Å². The molecule has 0 fully saturated rings. The normalized spacial score (nSPS) is 10.3. The van der Waals surface area contributed by atoms with Gasteiger partial charge < -0.3 is 15.2 Å². The van der Waals surface area contributed by atoms with Crippen LogP contribution in [0.5, 0.6) is 11.5 Å². The van der Waals surface area contributed by atoms with Gasteiger partial charge in [-0.05, 0) is 29.8 Å². The summed E-state index contributed by atoms with van der Waals surface area (Å²) in [7, 11) is 1.62. The predicted molar refractivity (Wildman–Crippen MR) is 78.2 cm³/mol. The first-order valence-electron chi connectivity index (χ1n) is 5.60. The van der Waals surface area contributed by atoms with Gasteiger partial charge in [-0.25, -0.2) is 0 Å². The lowest BCUT2D eigenvalue weighted by atomic mass is 10.2. The Labute approximate surface area is 121 Å². The van der Waals surface area contributed by atoms with E-state index in [2.05, 4.69) is 0 Å². The molecular formula is C14H13Cl2NO2. The highest BCUT2D eigenvalue weighted by molar-refractivity contribution is 6.37. The topological polar surface area (TPSA) is 44.5 Å². The highest BCUT2D eigenvalue weighted by atomic mass is 35.5. The van der Waals surface area contributed by atoms with Crippen LogP contribution in [0.25, 0.3) is 0 Å². The zero-order valence-electron chi connectivity index (χ0n) is 10.3. The van der Waals surface area contributed by atoms with Crippen molar-refractivity contribution >= 4 is 28.9 Å². The number of halogens is 2. The largest absolute Gasteiger partial charge is 0.497 e. The van der Waals surface area contributed by atoms with E-state index in [0.717, 1.165) is 11.3 Å². The molecule has 0 amide bonds. The van der Waals surface area contributed by atoms with Gasteiger partial charge in [0.2, 0.25) is 0 Å². The Hall–Kier alpha value is -1.58. The maximum absolute atomic E-state index is 6.04. The Morgan fingerprint density at radius 2 is 1.63 bits per heavy atom. The maximum Gasteiger partial charge on any atom is 0.157 e. The quantitative estimate of drug-likeness (QED) is 0.862. The van der Waals surface area contributed by atoms with E-state index in [1.807, 2.05) is 24.3 Å². The highest BCUT2D eigenvalue weighted by Crippen LogP contribution is 2.35. The first-order chi connectivity index (χ1) is 9.10. The van der Waals surface area contributed by atoms with Crippen molar-refractivity contribution in [3.8, 4) is 11.5 Å². The molecular weight excluding hydrogens is 285 g/mol. The number of nitrogens with two attached hydrogens (primary N) is 1. The van der Waals surface area contributed by atoms with Gasteiger partial charge in [-0.1, -0.05) is 35.3 Å².